The second-order valence-electron chi connectivity index (χ2n) is 12.3. The fourth-order valence-electron chi connectivity index (χ4n) is 5.65. The fourth-order valence-corrected chi connectivity index (χ4v) is 5.65. The van der Waals surface area contributed by atoms with Crippen LogP contribution in [-0.2, 0) is 97.1 Å². The maximum Gasteiger partial charge on any atom is 0.332 e. The third-order valence-electron chi connectivity index (χ3n) is 7.62. The van der Waals surface area contributed by atoms with E-state index in [0.29, 0.717) is 5.56 Å². The Morgan fingerprint density at radius 2 is 1.05 bits per heavy atom. The van der Waals surface area contributed by atoms with Crippen LogP contribution < -0.4 is 5.32 Å². The molecule has 2 saturated heterocycles. The predicted octanol–water partition coefficient (Wildman–Crippen LogP) is -0.0609. The molecular formula is C35H45NO19. The molecule has 55 heavy (non-hydrogen) atoms. The molecule has 2 fully saturated rings. The Balaban J connectivity index is 2.06. The lowest BCUT2D eigenvalue weighted by Crippen LogP contribution is -2.69. The second kappa shape index (κ2) is 21.1. The molecule has 1 amide bonds. The van der Waals surface area contributed by atoms with Gasteiger partial charge in [-0.3, -0.25) is 33.6 Å². The van der Waals surface area contributed by atoms with Gasteiger partial charge in [0.05, 0.1) is 0 Å². The highest BCUT2D eigenvalue weighted by molar-refractivity contribution is 5.74. The van der Waals surface area contributed by atoms with Crippen LogP contribution in [0.15, 0.2) is 30.3 Å². The molecule has 0 saturated carbocycles. The summed E-state index contributed by atoms with van der Waals surface area (Å²) in [7, 11) is 0. The Hall–Kier alpha value is -5.18. The van der Waals surface area contributed by atoms with Crippen LogP contribution in [0.4, 0.5) is 0 Å². The van der Waals surface area contributed by atoms with Gasteiger partial charge in [0.1, 0.15) is 50.8 Å². The average Bonchev–Trinajstić information content (AvgIpc) is 3.08. The van der Waals surface area contributed by atoms with Gasteiger partial charge in [0.15, 0.2) is 37.0 Å². The number of carbonyl (C=O) groups is 8. The van der Waals surface area contributed by atoms with Gasteiger partial charge in [0.25, 0.3) is 0 Å². The van der Waals surface area contributed by atoms with Gasteiger partial charge in [0.2, 0.25) is 5.91 Å². The molecular weight excluding hydrogens is 738 g/mol. The standard InChI is InChI=1S/C35H45NO19/c1-17(37)36-28-31(50-21(5)41)29(49-20(4)40)25(14-45-18(2)38)53-34(28)55-30-26(15-46-19(3)39)54-35(33(52-23(7)43)32(30)51-22(6)42)48-16-27(44)47-13-24-11-9-8-10-12-24/h8-12,25-26,28-35H,13-16H2,1-7H3,(H,36,37)/t25-,26-,28-,29+,30+,31-,32+,33-,34+,35-/m1/s1. The molecule has 0 bridgehead atoms. The first-order valence-electron chi connectivity index (χ1n) is 16.9. The molecule has 0 aliphatic carbocycles. The zero-order valence-corrected chi connectivity index (χ0v) is 31.2. The van der Waals surface area contributed by atoms with Crippen molar-refractivity contribution < 1.29 is 90.5 Å². The van der Waals surface area contributed by atoms with Crippen molar-refractivity contribution in [3.05, 3.63) is 35.9 Å². The van der Waals surface area contributed by atoms with E-state index in [1.54, 1.807) is 30.3 Å². The summed E-state index contributed by atoms with van der Waals surface area (Å²) in [6, 6.07) is 7.26. The molecule has 10 atom stereocenters. The van der Waals surface area contributed by atoms with Crippen molar-refractivity contribution in [2.45, 2.75) is 116 Å². The van der Waals surface area contributed by atoms with Gasteiger partial charge in [-0.05, 0) is 5.56 Å². The van der Waals surface area contributed by atoms with Crippen LogP contribution in [0.2, 0.25) is 0 Å². The van der Waals surface area contributed by atoms with Crippen LogP contribution in [-0.4, -0.2) is 129 Å². The Morgan fingerprint density at radius 3 is 1.58 bits per heavy atom. The Labute approximate surface area is 315 Å². The second-order valence-corrected chi connectivity index (χ2v) is 12.3. The van der Waals surface area contributed by atoms with Gasteiger partial charge in [-0.2, -0.15) is 0 Å². The Kier molecular flexibility index (Phi) is 16.9. The number of esters is 7. The van der Waals surface area contributed by atoms with Crippen LogP contribution in [0.1, 0.15) is 54.0 Å². The number of hydrogen-bond acceptors (Lipinski definition) is 19. The van der Waals surface area contributed by atoms with Crippen LogP contribution in [0.25, 0.3) is 0 Å². The van der Waals surface area contributed by atoms with Crippen LogP contribution in [0.5, 0.6) is 0 Å². The highest BCUT2D eigenvalue weighted by atomic mass is 16.8. The highest BCUT2D eigenvalue weighted by Crippen LogP contribution is 2.34. The summed E-state index contributed by atoms with van der Waals surface area (Å²) in [6.45, 7) is 5.45. The van der Waals surface area contributed by atoms with Gasteiger partial charge >= 0.3 is 41.8 Å². The fraction of sp³-hybridized carbons (Fsp3) is 0.600. The summed E-state index contributed by atoms with van der Waals surface area (Å²) >= 11 is 0. The van der Waals surface area contributed by atoms with E-state index in [4.69, 9.17) is 52.1 Å². The topological polar surface area (TPSA) is 250 Å². The minimum Gasteiger partial charge on any atom is -0.463 e. The third-order valence-corrected chi connectivity index (χ3v) is 7.62. The Bertz CT molecular complexity index is 1530. The minimum atomic E-state index is -1.74. The first-order valence-corrected chi connectivity index (χ1v) is 16.9. The molecule has 304 valence electrons. The quantitative estimate of drug-likeness (QED) is 0.170. The largest absolute Gasteiger partial charge is 0.463 e. The summed E-state index contributed by atoms with van der Waals surface area (Å²) in [6.07, 6.45) is -14.3. The van der Waals surface area contributed by atoms with Crippen molar-refractivity contribution in [3.63, 3.8) is 0 Å². The van der Waals surface area contributed by atoms with E-state index < -0.39 is 129 Å². The zero-order valence-electron chi connectivity index (χ0n) is 31.2. The average molecular weight is 784 g/mol. The zero-order chi connectivity index (χ0) is 40.8. The molecule has 2 aliphatic heterocycles. The van der Waals surface area contributed by atoms with Crippen LogP contribution in [0.3, 0.4) is 0 Å². The lowest BCUT2D eigenvalue weighted by Gasteiger charge is -2.49. The molecule has 2 aliphatic rings. The van der Waals surface area contributed by atoms with E-state index in [0.717, 1.165) is 48.5 Å². The van der Waals surface area contributed by atoms with Crippen LogP contribution >= 0.6 is 0 Å². The maximum atomic E-state index is 12.7. The monoisotopic (exact) mass is 783 g/mol. The molecule has 0 unspecified atom stereocenters. The molecule has 1 aromatic rings. The lowest BCUT2D eigenvalue weighted by molar-refractivity contribution is -0.348. The van der Waals surface area contributed by atoms with E-state index >= 15 is 0 Å². The van der Waals surface area contributed by atoms with Gasteiger partial charge in [-0.25, -0.2) is 4.79 Å². The number of rotatable bonds is 16. The van der Waals surface area contributed by atoms with Crippen molar-refractivity contribution in [3.8, 4) is 0 Å². The van der Waals surface area contributed by atoms with Crippen molar-refractivity contribution in [2.24, 2.45) is 0 Å². The molecule has 2 heterocycles. The minimum absolute atomic E-state index is 0.0923. The van der Waals surface area contributed by atoms with E-state index in [1.807, 2.05) is 0 Å². The lowest BCUT2D eigenvalue weighted by atomic mass is 9.94. The summed E-state index contributed by atoms with van der Waals surface area (Å²) in [5, 5.41) is 2.53. The SMILES string of the molecule is CC(=O)N[C@H]1[C@H](O[C@@H]2[C@H](OC(C)=O)[C@@H](OC(C)=O)[C@H](OCC(=O)OCc3ccccc3)O[C@@H]2COC(C)=O)O[C@H](COC(C)=O)[C@H](OC(C)=O)[C@@H]1OC(C)=O. The number of carbonyl (C=O) groups excluding carboxylic acids is 8. The number of ether oxygens (including phenoxy) is 11. The van der Waals surface area contributed by atoms with Crippen molar-refractivity contribution >= 4 is 47.7 Å². The normalized spacial score (nSPS) is 27.3. The van der Waals surface area contributed by atoms with Crippen LogP contribution in [0, 0.1) is 0 Å². The van der Waals surface area contributed by atoms with Gasteiger partial charge in [0, 0.05) is 48.5 Å². The molecule has 3 rings (SSSR count). The molecule has 1 aromatic carbocycles. The van der Waals surface area contributed by atoms with Gasteiger partial charge in [-0.15, -0.1) is 0 Å². The van der Waals surface area contributed by atoms with E-state index in [9.17, 15) is 38.4 Å². The molecule has 20 nitrogen and oxygen atoms in total. The summed E-state index contributed by atoms with van der Waals surface area (Å²) < 4.78 is 61.8. The number of nitrogens with one attached hydrogen (secondary N) is 1. The maximum absolute atomic E-state index is 12.7. The van der Waals surface area contributed by atoms with Crippen molar-refractivity contribution in [2.75, 3.05) is 19.8 Å². The molecule has 0 aromatic heterocycles. The first kappa shape index (κ1) is 44.2. The highest BCUT2D eigenvalue weighted by Gasteiger charge is 2.57. The number of benzene rings is 1. The molecule has 0 radical (unpaired) electrons. The van der Waals surface area contributed by atoms with E-state index in [-0.39, 0.29) is 6.61 Å². The predicted molar refractivity (Wildman–Crippen MR) is 177 cm³/mol. The number of hydrogen-bond donors (Lipinski definition) is 1. The summed E-state index contributed by atoms with van der Waals surface area (Å²) in [5.41, 5.74) is 0.687. The van der Waals surface area contributed by atoms with Crippen molar-refractivity contribution in [1.29, 1.82) is 0 Å². The van der Waals surface area contributed by atoms with Gasteiger partial charge in [-0.1, -0.05) is 30.3 Å². The third kappa shape index (κ3) is 14.2. The molecule has 1 N–H and O–H groups in total. The Morgan fingerprint density at radius 1 is 0.564 bits per heavy atom. The van der Waals surface area contributed by atoms with Gasteiger partial charge < -0.3 is 57.4 Å². The molecule has 0 spiro atoms. The first-order chi connectivity index (χ1) is 25.9. The molecule has 20 heteroatoms. The smallest absolute Gasteiger partial charge is 0.332 e. The van der Waals surface area contributed by atoms with Crippen molar-refractivity contribution in [1.82, 2.24) is 5.32 Å². The summed E-state index contributed by atoms with van der Waals surface area (Å²) in [4.78, 5) is 98.5. The van der Waals surface area contributed by atoms with E-state index in [1.165, 1.54) is 0 Å². The number of amides is 1. The van der Waals surface area contributed by atoms with E-state index in [2.05, 4.69) is 5.32 Å². The summed E-state index contributed by atoms with van der Waals surface area (Å²) in [5.74, 6) is -6.64.